The molecule has 0 saturated heterocycles. The maximum absolute atomic E-state index is 6.21. The van der Waals surface area contributed by atoms with Gasteiger partial charge in [0.1, 0.15) is 0 Å². The highest BCUT2D eigenvalue weighted by Crippen LogP contribution is 2.50. The molecule has 3 aromatic carbocycles. The van der Waals surface area contributed by atoms with Gasteiger partial charge in [-0.2, -0.15) is 0 Å². The summed E-state index contributed by atoms with van der Waals surface area (Å²) in [7, 11) is 0. The molecule has 1 aromatic heterocycles. The molecular weight excluding hydrogens is 302 g/mol. The molecule has 4 aromatic rings. The zero-order valence-corrected chi connectivity index (χ0v) is 13.8. The number of benzene rings is 3. The van der Waals surface area contributed by atoms with Crippen molar-refractivity contribution in [1.29, 1.82) is 0 Å². The number of H-pyrrole nitrogens is 1. The van der Waals surface area contributed by atoms with Crippen molar-refractivity contribution in [2.75, 3.05) is 0 Å². The molecule has 0 saturated carbocycles. The summed E-state index contributed by atoms with van der Waals surface area (Å²) in [6.45, 7) is 4.62. The molecule has 2 heteroatoms. The van der Waals surface area contributed by atoms with Crippen LogP contribution in [0.5, 0.6) is 0 Å². The molecule has 0 amide bonds. The number of rotatable bonds is 0. The summed E-state index contributed by atoms with van der Waals surface area (Å²) in [5.74, 6) is 0. The van der Waals surface area contributed by atoms with E-state index in [-0.39, 0.29) is 5.41 Å². The molecule has 23 heavy (non-hydrogen) atoms. The molecule has 5 rings (SSSR count). The van der Waals surface area contributed by atoms with Crippen LogP contribution in [0.25, 0.3) is 32.9 Å². The van der Waals surface area contributed by atoms with Gasteiger partial charge >= 0.3 is 0 Å². The summed E-state index contributed by atoms with van der Waals surface area (Å²) >= 11 is 6.21. The monoisotopic (exact) mass is 317 g/mol. The van der Waals surface area contributed by atoms with Gasteiger partial charge in [0.05, 0.1) is 0 Å². The Morgan fingerprint density at radius 1 is 0.783 bits per heavy atom. The van der Waals surface area contributed by atoms with Crippen LogP contribution in [0.2, 0.25) is 5.02 Å². The van der Waals surface area contributed by atoms with Crippen LogP contribution in [-0.2, 0) is 5.41 Å². The van der Waals surface area contributed by atoms with E-state index >= 15 is 0 Å². The Morgan fingerprint density at radius 3 is 2.43 bits per heavy atom. The molecule has 0 fully saturated rings. The van der Waals surface area contributed by atoms with Crippen LogP contribution < -0.4 is 0 Å². The molecule has 1 nitrogen and oxygen atoms in total. The lowest BCUT2D eigenvalue weighted by molar-refractivity contribution is 0.661. The van der Waals surface area contributed by atoms with Crippen molar-refractivity contribution in [2.45, 2.75) is 19.3 Å². The van der Waals surface area contributed by atoms with E-state index in [2.05, 4.69) is 61.3 Å². The summed E-state index contributed by atoms with van der Waals surface area (Å²) in [6.07, 6.45) is 0. The minimum absolute atomic E-state index is 0.0368. The van der Waals surface area contributed by atoms with Gasteiger partial charge in [-0.15, -0.1) is 0 Å². The van der Waals surface area contributed by atoms with E-state index in [0.717, 1.165) is 10.5 Å². The van der Waals surface area contributed by atoms with Crippen molar-refractivity contribution in [3.63, 3.8) is 0 Å². The minimum atomic E-state index is 0.0368. The average molecular weight is 318 g/mol. The van der Waals surface area contributed by atoms with Crippen LogP contribution in [0.1, 0.15) is 25.0 Å². The Labute approximate surface area is 139 Å². The fraction of sp³-hybridized carbons (Fsp3) is 0.143. The third-order valence-electron chi connectivity index (χ3n) is 5.26. The smallest absolute Gasteiger partial charge is 0.0468 e. The molecule has 0 atom stereocenters. The van der Waals surface area contributed by atoms with Crippen molar-refractivity contribution >= 4 is 33.4 Å². The Bertz CT molecular complexity index is 1100. The minimum Gasteiger partial charge on any atom is -0.354 e. The number of halogens is 1. The molecule has 1 N–H and O–H groups in total. The van der Waals surface area contributed by atoms with Crippen LogP contribution in [0.3, 0.4) is 0 Å². The second kappa shape index (κ2) is 4.18. The first-order chi connectivity index (χ1) is 11.1. The third kappa shape index (κ3) is 1.63. The molecule has 0 unspecified atom stereocenters. The number of hydrogen-bond acceptors (Lipinski definition) is 0. The van der Waals surface area contributed by atoms with Crippen molar-refractivity contribution in [3.05, 3.63) is 70.7 Å². The van der Waals surface area contributed by atoms with E-state index in [1.165, 1.54) is 38.5 Å². The van der Waals surface area contributed by atoms with Gasteiger partial charge < -0.3 is 4.98 Å². The molecule has 1 aliphatic rings. The number of hydrogen-bond donors (Lipinski definition) is 1. The number of fused-ring (bicyclic) bond motifs is 6. The van der Waals surface area contributed by atoms with Gasteiger partial charge in [0, 0.05) is 32.2 Å². The molecule has 112 valence electrons. The SMILES string of the molecule is CC1(C)c2ccccc2-c2cc3c(cc21)[nH]c1ccc(Cl)cc13. The number of aromatic nitrogens is 1. The summed E-state index contributed by atoms with van der Waals surface area (Å²) in [5, 5.41) is 3.21. The van der Waals surface area contributed by atoms with Crippen LogP contribution in [-0.4, -0.2) is 4.98 Å². The van der Waals surface area contributed by atoms with Gasteiger partial charge in [-0.3, -0.25) is 0 Å². The van der Waals surface area contributed by atoms with E-state index in [1.54, 1.807) is 0 Å². The van der Waals surface area contributed by atoms with E-state index < -0.39 is 0 Å². The quantitative estimate of drug-likeness (QED) is 0.393. The average Bonchev–Trinajstić information content (AvgIpc) is 3.00. The fourth-order valence-electron chi connectivity index (χ4n) is 4.07. The summed E-state index contributed by atoms with van der Waals surface area (Å²) < 4.78 is 0. The van der Waals surface area contributed by atoms with Gasteiger partial charge in [-0.1, -0.05) is 49.7 Å². The lowest BCUT2D eigenvalue weighted by atomic mass is 9.82. The van der Waals surface area contributed by atoms with Gasteiger partial charge in [0.15, 0.2) is 0 Å². The highest BCUT2D eigenvalue weighted by atomic mass is 35.5. The van der Waals surface area contributed by atoms with Crippen LogP contribution in [0.15, 0.2) is 54.6 Å². The first kappa shape index (κ1) is 13.2. The molecule has 0 radical (unpaired) electrons. The Hall–Kier alpha value is -2.25. The van der Waals surface area contributed by atoms with Gasteiger partial charge in [-0.05, 0) is 52.6 Å². The second-order valence-corrected chi connectivity index (χ2v) is 7.37. The Morgan fingerprint density at radius 2 is 1.57 bits per heavy atom. The Kier molecular flexibility index (Phi) is 2.40. The molecule has 1 aliphatic carbocycles. The fourth-order valence-corrected chi connectivity index (χ4v) is 4.24. The normalized spacial score (nSPS) is 15.1. The Balaban J connectivity index is 1.94. The molecule has 0 bridgehead atoms. The van der Waals surface area contributed by atoms with Crippen LogP contribution >= 0.6 is 11.6 Å². The maximum Gasteiger partial charge on any atom is 0.0468 e. The zero-order valence-electron chi connectivity index (χ0n) is 13.1. The highest BCUT2D eigenvalue weighted by molar-refractivity contribution is 6.31. The van der Waals surface area contributed by atoms with Gasteiger partial charge in [0.25, 0.3) is 0 Å². The van der Waals surface area contributed by atoms with Crippen molar-refractivity contribution < 1.29 is 0 Å². The first-order valence-electron chi connectivity index (χ1n) is 7.91. The van der Waals surface area contributed by atoms with E-state index in [9.17, 15) is 0 Å². The van der Waals surface area contributed by atoms with E-state index in [1.807, 2.05) is 12.1 Å². The summed E-state index contributed by atoms with van der Waals surface area (Å²) in [6, 6.07) is 19.4. The zero-order chi connectivity index (χ0) is 15.8. The van der Waals surface area contributed by atoms with Crippen LogP contribution in [0.4, 0.5) is 0 Å². The maximum atomic E-state index is 6.21. The molecule has 1 heterocycles. The predicted octanol–water partition coefficient (Wildman–Crippen LogP) is 6.28. The van der Waals surface area contributed by atoms with Crippen molar-refractivity contribution in [2.24, 2.45) is 0 Å². The molecule has 0 spiro atoms. The standard InChI is InChI=1S/C21H16ClN/c1-21(2)17-6-4-3-5-13(17)14-10-16-15-9-12(22)7-8-19(15)23-20(16)11-18(14)21/h3-11,23H,1-2H3. The summed E-state index contributed by atoms with van der Waals surface area (Å²) in [4.78, 5) is 3.54. The number of nitrogens with one attached hydrogen (secondary N) is 1. The second-order valence-electron chi connectivity index (χ2n) is 6.93. The number of aromatic amines is 1. The highest BCUT2D eigenvalue weighted by Gasteiger charge is 2.35. The van der Waals surface area contributed by atoms with Gasteiger partial charge in [0.2, 0.25) is 0 Å². The van der Waals surface area contributed by atoms with Gasteiger partial charge in [-0.25, -0.2) is 0 Å². The van der Waals surface area contributed by atoms with E-state index in [4.69, 9.17) is 11.6 Å². The van der Waals surface area contributed by atoms with Crippen LogP contribution in [0, 0.1) is 0 Å². The van der Waals surface area contributed by atoms with Crippen molar-refractivity contribution in [1.82, 2.24) is 4.98 Å². The first-order valence-corrected chi connectivity index (χ1v) is 8.29. The molecular formula is C21H16ClN. The molecule has 0 aliphatic heterocycles. The topological polar surface area (TPSA) is 15.8 Å². The lowest BCUT2D eigenvalue weighted by Gasteiger charge is -2.21. The lowest BCUT2D eigenvalue weighted by Crippen LogP contribution is -2.14. The predicted molar refractivity (Wildman–Crippen MR) is 98.4 cm³/mol. The van der Waals surface area contributed by atoms with Crippen molar-refractivity contribution in [3.8, 4) is 11.1 Å². The third-order valence-corrected chi connectivity index (χ3v) is 5.50. The summed E-state index contributed by atoms with van der Waals surface area (Å²) in [5.41, 5.74) is 7.86. The van der Waals surface area contributed by atoms with E-state index in [0.29, 0.717) is 0 Å². The largest absolute Gasteiger partial charge is 0.354 e.